The van der Waals surface area contributed by atoms with E-state index in [1.54, 1.807) is 0 Å². The maximum absolute atomic E-state index is 13.6. The molecule has 3 fully saturated rings. The normalized spacial score (nSPS) is 25.8. The maximum atomic E-state index is 13.6. The van der Waals surface area contributed by atoms with E-state index in [1.807, 2.05) is 0 Å². The number of amides is 2. The summed E-state index contributed by atoms with van der Waals surface area (Å²) < 4.78 is 35.0. The maximum Gasteiger partial charge on any atom is 0.364 e. The fraction of sp³-hybridized carbons (Fsp3) is 0.965. The van der Waals surface area contributed by atoms with Gasteiger partial charge in [0.05, 0.1) is 50.7 Å². The summed E-state index contributed by atoms with van der Waals surface area (Å²) in [5.41, 5.74) is 0. The molecule has 18 atom stereocenters. The van der Waals surface area contributed by atoms with Gasteiger partial charge in [-0.05, 0) is 12.8 Å². The Bertz CT molecular complexity index is 2140. The van der Waals surface area contributed by atoms with E-state index >= 15 is 0 Å². The van der Waals surface area contributed by atoms with Crippen LogP contribution in [-0.4, -0.2) is 215 Å². The highest BCUT2D eigenvalue weighted by atomic mass is 16.8. The van der Waals surface area contributed by atoms with Gasteiger partial charge in [-0.1, -0.05) is 354 Å². The second-order valence-electron chi connectivity index (χ2n) is 32.5. The number of nitrogens with one attached hydrogen (secondary N) is 2. The Hall–Kier alpha value is -2.27. The van der Waals surface area contributed by atoms with Crippen LogP contribution in [0.3, 0.4) is 0 Å². The number of hydrogen-bond donors (Lipinski definition) is 14. The smallest absolute Gasteiger partial charge is 0.364 e. The van der Waals surface area contributed by atoms with Gasteiger partial charge in [0.15, 0.2) is 12.6 Å². The standard InChI is InChI=1S/C85H162N2O21/c1-4-6-8-10-12-14-16-18-20-21-22-23-24-25-26-27-28-29-30-31-32-33-34-35-36-37-38-39-40-41-42-43-45-47-49-51-53-55-57-59-72(95)87-66(67(92)58-56-54-52-50-48-46-44-19-17-15-13-11-9-7-5-2)64-103-82-77(99)76(98)79(71(63-90)105-82)106-83-78(100)81(75(97)70(62-89)104-83)108-85(84(101)102)60-68(93)73(86-65(3)91)80(107-85)74(96)69(94)61-88/h66-71,73-83,88-90,92-94,96-100H,4-64H2,1-3H3,(H,86,91)(H,87,95)(H,101,102). The molecule has 2 amide bonds. The van der Waals surface area contributed by atoms with Crippen molar-refractivity contribution in [3.05, 3.63) is 0 Å². The summed E-state index contributed by atoms with van der Waals surface area (Å²) in [4.78, 5) is 38.7. The molecule has 23 nitrogen and oxygen atoms in total. The Morgan fingerprint density at radius 1 is 0.444 bits per heavy atom. The summed E-state index contributed by atoms with van der Waals surface area (Å²) in [5, 5.41) is 137. The Kier molecular flexibility index (Phi) is 59.2. The number of carbonyl (C=O) groups is 3. The van der Waals surface area contributed by atoms with Gasteiger partial charge in [-0.2, -0.15) is 0 Å². The number of ether oxygens (including phenoxy) is 6. The lowest BCUT2D eigenvalue weighted by Crippen LogP contribution is -2.70. The number of carbonyl (C=O) groups excluding carboxylic acids is 2. The van der Waals surface area contributed by atoms with Crippen molar-refractivity contribution < 1.29 is 104 Å². The van der Waals surface area contributed by atoms with Crippen molar-refractivity contribution in [3.8, 4) is 0 Å². The van der Waals surface area contributed by atoms with E-state index in [-0.39, 0.29) is 18.9 Å². The van der Waals surface area contributed by atoms with Crippen molar-refractivity contribution >= 4 is 17.8 Å². The quantitative estimate of drug-likeness (QED) is 0.0252. The fourth-order valence-electron chi connectivity index (χ4n) is 15.8. The summed E-state index contributed by atoms with van der Waals surface area (Å²) in [6.45, 7) is 2.27. The van der Waals surface area contributed by atoms with E-state index in [4.69, 9.17) is 28.4 Å². The summed E-state index contributed by atoms with van der Waals surface area (Å²) in [7, 11) is 0. The molecule has 0 aliphatic carbocycles. The third kappa shape index (κ3) is 42.9. The van der Waals surface area contributed by atoms with Crippen LogP contribution in [0.15, 0.2) is 0 Å². The van der Waals surface area contributed by atoms with E-state index in [0.29, 0.717) is 19.3 Å². The average molecular weight is 1550 g/mol. The molecule has 23 heteroatoms. The van der Waals surface area contributed by atoms with Crippen molar-refractivity contribution in [2.75, 3.05) is 26.4 Å². The van der Waals surface area contributed by atoms with Gasteiger partial charge >= 0.3 is 5.97 Å². The van der Waals surface area contributed by atoms with Crippen LogP contribution in [0.4, 0.5) is 0 Å². The summed E-state index contributed by atoms with van der Waals surface area (Å²) in [6.07, 6.45) is 41.5. The van der Waals surface area contributed by atoms with Gasteiger partial charge in [0.2, 0.25) is 11.8 Å². The first-order valence-electron chi connectivity index (χ1n) is 44.4. The number of rotatable bonds is 72. The predicted molar refractivity (Wildman–Crippen MR) is 422 cm³/mol. The minimum atomic E-state index is -3.08. The SMILES string of the molecule is CCCCCCCCCCCCCCCCCCCCCCCCCCCCCCCCCCCCCCCCCC(=O)NC(COC1OC(CO)C(OC2OC(CO)C(O)C(OC3(C(=O)O)CC(O)C(NC(C)=O)C(C(O)C(O)CO)O3)C2O)C(O)C1O)C(O)CCCCCCCCCCCCCCCCC. The summed E-state index contributed by atoms with van der Waals surface area (Å²) >= 11 is 0. The van der Waals surface area contributed by atoms with Crippen LogP contribution in [-0.2, 0) is 42.8 Å². The number of carboxylic acids is 1. The van der Waals surface area contributed by atoms with Crippen LogP contribution in [0.2, 0.25) is 0 Å². The summed E-state index contributed by atoms with van der Waals surface area (Å²) in [6, 6.07) is -2.53. The minimum Gasteiger partial charge on any atom is -0.477 e. The van der Waals surface area contributed by atoms with Crippen LogP contribution < -0.4 is 10.6 Å². The minimum absolute atomic E-state index is 0.230. The molecule has 0 bridgehead atoms. The third-order valence-corrected chi connectivity index (χ3v) is 22.8. The van der Waals surface area contributed by atoms with E-state index in [9.17, 15) is 75.7 Å². The van der Waals surface area contributed by atoms with Crippen molar-refractivity contribution in [1.29, 1.82) is 0 Å². The van der Waals surface area contributed by atoms with E-state index in [1.165, 1.54) is 289 Å². The third-order valence-electron chi connectivity index (χ3n) is 22.8. The second-order valence-corrected chi connectivity index (χ2v) is 32.5. The average Bonchev–Trinajstić information content (AvgIpc) is 0.754. The molecule has 638 valence electrons. The molecule has 108 heavy (non-hydrogen) atoms. The van der Waals surface area contributed by atoms with Crippen molar-refractivity contribution in [2.45, 2.75) is 497 Å². The molecule has 0 aromatic carbocycles. The van der Waals surface area contributed by atoms with Crippen molar-refractivity contribution in [3.63, 3.8) is 0 Å². The molecule has 0 saturated carbocycles. The first-order valence-corrected chi connectivity index (χ1v) is 44.4. The lowest BCUT2D eigenvalue weighted by atomic mass is 9.88. The van der Waals surface area contributed by atoms with Crippen molar-refractivity contribution in [1.82, 2.24) is 10.6 Å². The Morgan fingerprint density at radius 3 is 1.16 bits per heavy atom. The van der Waals surface area contributed by atoms with Gasteiger partial charge in [-0.25, -0.2) is 4.79 Å². The topological polar surface area (TPSA) is 373 Å². The molecule has 3 heterocycles. The Balaban J connectivity index is 1.37. The predicted octanol–water partition coefficient (Wildman–Crippen LogP) is 13.5. The molecule has 3 aliphatic heterocycles. The van der Waals surface area contributed by atoms with Crippen molar-refractivity contribution in [2.24, 2.45) is 0 Å². The zero-order valence-electron chi connectivity index (χ0n) is 68.0. The number of unbranched alkanes of at least 4 members (excludes halogenated alkanes) is 52. The van der Waals surface area contributed by atoms with Crippen LogP contribution in [0.1, 0.15) is 387 Å². The molecule has 0 radical (unpaired) electrons. The number of carboxylic acid groups (broad SMARTS) is 1. The summed E-state index contributed by atoms with van der Waals surface area (Å²) in [5.74, 6) is -6.09. The van der Waals surface area contributed by atoms with Crippen LogP contribution in [0.5, 0.6) is 0 Å². The van der Waals surface area contributed by atoms with Gasteiger partial charge in [0.1, 0.15) is 67.1 Å². The van der Waals surface area contributed by atoms with Gasteiger partial charge in [0.25, 0.3) is 5.79 Å². The van der Waals surface area contributed by atoms with E-state index in [2.05, 4.69) is 24.5 Å². The molecule has 3 rings (SSSR count). The Labute approximate surface area is 652 Å². The van der Waals surface area contributed by atoms with Crippen LogP contribution in [0.25, 0.3) is 0 Å². The Morgan fingerprint density at radius 2 is 0.806 bits per heavy atom. The van der Waals surface area contributed by atoms with E-state index in [0.717, 1.165) is 51.9 Å². The molecule has 0 aromatic heterocycles. The molecule has 3 saturated heterocycles. The number of aliphatic hydroxyl groups is 11. The molecular formula is C85H162N2O21. The molecule has 18 unspecified atom stereocenters. The lowest BCUT2D eigenvalue weighted by molar-refractivity contribution is -0.386. The first kappa shape index (κ1) is 99.9. The zero-order valence-corrected chi connectivity index (χ0v) is 68.0. The first-order chi connectivity index (χ1) is 52.4. The molecule has 3 aliphatic rings. The van der Waals surface area contributed by atoms with Gasteiger partial charge in [-0.15, -0.1) is 0 Å². The molecule has 0 aromatic rings. The number of aliphatic carboxylic acids is 1. The molecule has 0 spiro atoms. The van der Waals surface area contributed by atoms with Crippen LogP contribution >= 0.6 is 0 Å². The van der Waals surface area contributed by atoms with Gasteiger partial charge < -0.3 is 100 Å². The highest BCUT2D eigenvalue weighted by molar-refractivity contribution is 5.77. The number of aliphatic hydroxyl groups excluding tert-OH is 11. The molecule has 14 N–H and O–H groups in total. The van der Waals surface area contributed by atoms with E-state index < -0.39 is 148 Å². The highest BCUT2D eigenvalue weighted by Crippen LogP contribution is 2.39. The monoisotopic (exact) mass is 1550 g/mol. The fourth-order valence-corrected chi connectivity index (χ4v) is 15.8. The molecular weight excluding hydrogens is 1380 g/mol. The van der Waals surface area contributed by atoms with Gasteiger partial charge in [0, 0.05) is 19.8 Å². The lowest BCUT2D eigenvalue weighted by Gasteiger charge is -2.50. The zero-order chi connectivity index (χ0) is 78.8. The van der Waals surface area contributed by atoms with Gasteiger partial charge in [-0.3, -0.25) is 9.59 Å². The largest absolute Gasteiger partial charge is 0.477 e. The second kappa shape index (κ2) is 64.0. The highest BCUT2D eigenvalue weighted by Gasteiger charge is 2.60. The van der Waals surface area contributed by atoms with Crippen LogP contribution in [0, 0.1) is 0 Å². The number of hydrogen-bond acceptors (Lipinski definition) is 20.